The van der Waals surface area contributed by atoms with E-state index in [1.807, 2.05) is 16.0 Å². The van der Waals surface area contributed by atoms with Crippen LogP contribution in [0, 0.1) is 0 Å². The van der Waals surface area contributed by atoms with Gasteiger partial charge in [-0.25, -0.2) is 4.99 Å². The summed E-state index contributed by atoms with van der Waals surface area (Å²) in [5.41, 5.74) is 12.9. The van der Waals surface area contributed by atoms with E-state index >= 15 is 0 Å². The topological polar surface area (TPSA) is 252 Å². The van der Waals surface area contributed by atoms with E-state index in [1.54, 1.807) is 0 Å². The molecule has 0 bridgehead atoms. The van der Waals surface area contributed by atoms with Gasteiger partial charge in [-0.1, -0.05) is 0 Å². The molecule has 17 heteroatoms. The molecule has 0 unspecified atom stereocenters. The minimum absolute atomic E-state index is 0.434. The quantitative estimate of drug-likeness (QED) is 0.114. The number of carboxylic acid groups (broad SMARTS) is 1. The van der Waals surface area contributed by atoms with E-state index in [1.165, 1.54) is 0 Å². The van der Waals surface area contributed by atoms with E-state index in [2.05, 4.69) is 4.99 Å². The van der Waals surface area contributed by atoms with Crippen LogP contribution in [0.5, 0.6) is 0 Å². The van der Waals surface area contributed by atoms with Gasteiger partial charge < -0.3 is 43.4 Å². The van der Waals surface area contributed by atoms with Crippen molar-refractivity contribution in [1.29, 1.82) is 0 Å². The molecule has 11 N–H and O–H groups in total. The fourth-order valence-corrected chi connectivity index (χ4v) is 2.49. The molecule has 0 aromatic heterocycles. The summed E-state index contributed by atoms with van der Waals surface area (Å²) in [6.07, 6.45) is -5.90. The van der Waals surface area contributed by atoms with E-state index < -0.39 is 90.2 Å². The second-order valence-electron chi connectivity index (χ2n) is 6.85. The van der Waals surface area contributed by atoms with Crippen molar-refractivity contribution in [1.82, 2.24) is 16.0 Å². The molecule has 0 radical (unpaired) electrons. The van der Waals surface area contributed by atoms with E-state index in [4.69, 9.17) is 27.4 Å². The van der Waals surface area contributed by atoms with Crippen molar-refractivity contribution in [2.24, 2.45) is 22.2 Å². The predicted octanol–water partition coefficient (Wildman–Crippen LogP) is -2.74. The average molecular weight is 505 g/mol. The first-order valence-electron chi connectivity index (χ1n) is 9.45. The van der Waals surface area contributed by atoms with Gasteiger partial charge in [0.25, 0.3) is 5.91 Å². The maximum Gasteiger partial charge on any atom is 0.416 e. The van der Waals surface area contributed by atoms with Gasteiger partial charge in [0.2, 0.25) is 17.7 Å². The Labute approximate surface area is 194 Å². The van der Waals surface area contributed by atoms with Crippen LogP contribution >= 0.6 is 0 Å². The first-order chi connectivity index (χ1) is 16.1. The Hall–Kier alpha value is -4.41. The van der Waals surface area contributed by atoms with Crippen molar-refractivity contribution in [2.75, 3.05) is 13.2 Å². The number of carbonyl (C=O) groups excluding carboxylic acids is 4. The van der Waals surface area contributed by atoms with Crippen LogP contribution in [0.1, 0.15) is 22.3 Å². The van der Waals surface area contributed by atoms with Gasteiger partial charge in [-0.05, 0) is 18.2 Å². The van der Waals surface area contributed by atoms with Gasteiger partial charge in [-0.15, -0.1) is 0 Å². The number of nitrogens with one attached hydrogen (secondary N) is 3. The molecule has 192 valence electrons. The molecule has 0 fully saturated rings. The van der Waals surface area contributed by atoms with E-state index in [9.17, 15) is 37.1 Å². The van der Waals surface area contributed by atoms with Crippen LogP contribution in [-0.4, -0.2) is 71.0 Å². The Kier molecular flexibility index (Phi) is 9.95. The average Bonchev–Trinajstić information content (AvgIpc) is 2.73. The fraction of sp³-hybridized carbons (Fsp3) is 0.333. The third-order valence-electron chi connectivity index (χ3n) is 4.05. The molecule has 1 rings (SSSR count). The zero-order valence-corrected chi connectivity index (χ0v) is 17.8. The molecule has 4 amide bonds. The minimum Gasteiger partial charge on any atom is -0.481 e. The number of benzene rings is 1. The number of aliphatic hydroxyl groups is 1. The van der Waals surface area contributed by atoms with Gasteiger partial charge in [-0.3, -0.25) is 24.0 Å². The van der Waals surface area contributed by atoms with Crippen molar-refractivity contribution >= 4 is 41.2 Å². The molecular formula is C18H22F3N7O7. The van der Waals surface area contributed by atoms with Crippen molar-refractivity contribution in [3.8, 4) is 0 Å². The van der Waals surface area contributed by atoms with Crippen molar-refractivity contribution in [3.05, 3.63) is 29.3 Å². The summed E-state index contributed by atoms with van der Waals surface area (Å²) in [6, 6.07) is -1.41. The monoisotopic (exact) mass is 505 g/mol. The molecule has 1 aromatic rings. The highest BCUT2D eigenvalue weighted by Crippen LogP contribution is 2.32. The number of aliphatic hydroxyl groups excluding tert-OH is 1. The Morgan fingerprint density at radius 1 is 1.00 bits per heavy atom. The summed E-state index contributed by atoms with van der Waals surface area (Å²) in [5, 5.41) is 23.9. The highest BCUT2D eigenvalue weighted by molar-refractivity contribution is 6.00. The lowest BCUT2D eigenvalue weighted by Gasteiger charge is -2.18. The zero-order valence-electron chi connectivity index (χ0n) is 17.8. The van der Waals surface area contributed by atoms with E-state index in [0.29, 0.717) is 12.1 Å². The predicted molar refractivity (Wildman–Crippen MR) is 112 cm³/mol. The number of aliphatic carboxylic acids is 1. The maximum atomic E-state index is 13.2. The molecule has 1 aromatic carbocycles. The van der Waals surface area contributed by atoms with Crippen LogP contribution in [0.4, 0.5) is 18.9 Å². The largest absolute Gasteiger partial charge is 0.481 e. The molecule has 0 saturated carbocycles. The minimum atomic E-state index is -4.90. The van der Waals surface area contributed by atoms with Crippen molar-refractivity contribution in [3.63, 3.8) is 0 Å². The highest BCUT2D eigenvalue weighted by Gasteiger charge is 2.32. The lowest BCUT2D eigenvalue weighted by molar-refractivity contribution is -0.140. The number of amides is 4. The Balaban J connectivity index is 3.07. The number of guanidine groups is 1. The second kappa shape index (κ2) is 12.2. The molecule has 0 spiro atoms. The number of carbonyl (C=O) groups is 5. The summed E-state index contributed by atoms with van der Waals surface area (Å²) >= 11 is 0. The van der Waals surface area contributed by atoms with Crippen LogP contribution in [0.25, 0.3) is 0 Å². The fourth-order valence-electron chi connectivity index (χ4n) is 2.49. The van der Waals surface area contributed by atoms with Gasteiger partial charge in [0.1, 0.15) is 12.1 Å². The number of aliphatic imine (C=N–C) groups is 1. The van der Waals surface area contributed by atoms with Gasteiger partial charge in [0, 0.05) is 5.56 Å². The van der Waals surface area contributed by atoms with Crippen molar-refractivity contribution in [2.45, 2.75) is 24.7 Å². The maximum absolute atomic E-state index is 13.2. The normalized spacial score (nSPS) is 12.6. The molecule has 0 saturated heterocycles. The van der Waals surface area contributed by atoms with Gasteiger partial charge >= 0.3 is 12.1 Å². The summed E-state index contributed by atoms with van der Waals surface area (Å²) in [4.78, 5) is 62.2. The molecule has 0 aliphatic carbocycles. The second-order valence-corrected chi connectivity index (χ2v) is 6.85. The third kappa shape index (κ3) is 9.54. The number of rotatable bonds is 11. The Bertz CT molecular complexity index is 1030. The van der Waals surface area contributed by atoms with Crippen LogP contribution in [0.15, 0.2) is 23.2 Å². The number of nitrogens with zero attached hydrogens (tertiary/aromatic N) is 1. The smallest absolute Gasteiger partial charge is 0.416 e. The van der Waals surface area contributed by atoms with Crippen molar-refractivity contribution < 1.29 is 47.4 Å². The number of halogens is 3. The number of hydrogen-bond acceptors (Lipinski definition) is 7. The number of hydrogen-bond donors (Lipinski definition) is 8. The zero-order chi connectivity index (χ0) is 26.9. The van der Waals surface area contributed by atoms with Gasteiger partial charge in [0.15, 0.2) is 5.96 Å². The Morgan fingerprint density at radius 3 is 2.11 bits per heavy atom. The number of nitrogens with two attached hydrogens (primary N) is 3. The first kappa shape index (κ1) is 28.6. The third-order valence-corrected chi connectivity index (χ3v) is 4.05. The number of alkyl halides is 3. The standard InChI is InChI=1S/C18H22F3N7O7/c19-18(20,21)8-1-7(2-9(3-8)26-17(23)24)15(34)28-10(4-13(31)32)16(35)25-5-12(30)27-11(6-29)14(22)33/h1-3,10-11,29H,4-6H2,(H2,22,33)(H,25,35)(H,27,30)(H,28,34)(H,31,32)(H4,23,24,26)/t10-,11-/m0/s1. The molecular weight excluding hydrogens is 483 g/mol. The first-order valence-corrected chi connectivity index (χ1v) is 9.45. The summed E-state index contributed by atoms with van der Waals surface area (Å²) in [7, 11) is 0. The lowest BCUT2D eigenvalue weighted by atomic mass is 10.1. The van der Waals surface area contributed by atoms with Gasteiger partial charge in [-0.2, -0.15) is 13.2 Å². The molecule has 2 atom stereocenters. The Morgan fingerprint density at radius 2 is 1.63 bits per heavy atom. The van der Waals surface area contributed by atoms with Crippen LogP contribution in [0.2, 0.25) is 0 Å². The molecule has 0 heterocycles. The summed E-state index contributed by atoms with van der Waals surface area (Å²) in [5.74, 6) is -6.68. The molecule has 0 aliphatic heterocycles. The molecule has 14 nitrogen and oxygen atoms in total. The molecule has 35 heavy (non-hydrogen) atoms. The van der Waals surface area contributed by atoms with Gasteiger partial charge in [0.05, 0.1) is 30.8 Å². The van der Waals surface area contributed by atoms with Crippen LogP contribution in [-0.2, 0) is 25.4 Å². The van der Waals surface area contributed by atoms with E-state index in [-0.39, 0.29) is 0 Å². The highest BCUT2D eigenvalue weighted by atomic mass is 19.4. The number of carboxylic acids is 1. The summed E-state index contributed by atoms with van der Waals surface area (Å²) in [6.45, 7) is -1.64. The lowest BCUT2D eigenvalue weighted by Crippen LogP contribution is -2.52. The number of primary amides is 1. The van der Waals surface area contributed by atoms with Crippen LogP contribution in [0.3, 0.4) is 0 Å². The summed E-state index contributed by atoms with van der Waals surface area (Å²) < 4.78 is 39.6. The molecule has 0 aliphatic rings. The van der Waals surface area contributed by atoms with Crippen LogP contribution < -0.4 is 33.2 Å². The SMILES string of the molecule is NC(=O)[C@H](CO)NC(=O)CNC(=O)[C@H](CC(=O)O)NC(=O)c1cc(N=C(N)N)cc(C(F)(F)F)c1. The van der Waals surface area contributed by atoms with E-state index in [0.717, 1.165) is 6.07 Å².